The largest absolute Gasteiger partial charge is 0.379 e. The number of nitrogens with one attached hydrogen (secondary N) is 2. The van der Waals surface area contributed by atoms with Crippen LogP contribution in [0.15, 0.2) is 46.8 Å². The number of benzene rings is 1. The average molecular weight is 402 g/mol. The Morgan fingerprint density at radius 3 is 2.79 bits per heavy atom. The van der Waals surface area contributed by atoms with Crippen LogP contribution in [0.2, 0.25) is 0 Å². The number of primary amides is 1. The van der Waals surface area contributed by atoms with Gasteiger partial charge in [0.15, 0.2) is 5.96 Å². The van der Waals surface area contributed by atoms with Crippen molar-refractivity contribution in [2.75, 3.05) is 39.9 Å². The molecule has 150 valence electrons. The van der Waals surface area contributed by atoms with Gasteiger partial charge >= 0.3 is 0 Å². The van der Waals surface area contributed by atoms with Gasteiger partial charge in [0, 0.05) is 43.7 Å². The molecule has 0 saturated carbocycles. The molecule has 8 heteroatoms. The average Bonchev–Trinajstić information content (AvgIpc) is 3.26. The lowest BCUT2D eigenvalue weighted by Gasteiger charge is -2.34. The van der Waals surface area contributed by atoms with E-state index in [0.717, 1.165) is 44.4 Å². The van der Waals surface area contributed by atoms with Crippen LogP contribution in [-0.2, 0) is 11.3 Å². The van der Waals surface area contributed by atoms with Crippen LogP contribution in [0.4, 0.5) is 0 Å². The second-order valence-electron chi connectivity index (χ2n) is 6.55. The number of guanidine groups is 1. The fourth-order valence-corrected chi connectivity index (χ4v) is 4.07. The first-order chi connectivity index (χ1) is 13.7. The molecule has 1 aromatic heterocycles. The predicted molar refractivity (Wildman–Crippen MR) is 113 cm³/mol. The molecule has 1 unspecified atom stereocenters. The smallest absolute Gasteiger partial charge is 0.248 e. The third-order valence-corrected chi connectivity index (χ3v) is 5.69. The predicted octanol–water partition coefficient (Wildman–Crippen LogP) is 1.59. The lowest BCUT2D eigenvalue weighted by molar-refractivity contribution is 0.0177. The van der Waals surface area contributed by atoms with Gasteiger partial charge in [0.05, 0.1) is 19.3 Å². The molecule has 1 aliphatic rings. The van der Waals surface area contributed by atoms with Crippen LogP contribution in [0.1, 0.15) is 26.8 Å². The minimum Gasteiger partial charge on any atom is -0.379 e. The lowest BCUT2D eigenvalue weighted by Crippen LogP contribution is -2.46. The number of ether oxygens (including phenoxy) is 1. The van der Waals surface area contributed by atoms with Crippen molar-refractivity contribution in [3.05, 3.63) is 57.8 Å². The van der Waals surface area contributed by atoms with Crippen molar-refractivity contribution >= 4 is 23.2 Å². The van der Waals surface area contributed by atoms with Gasteiger partial charge in [-0.1, -0.05) is 18.2 Å². The summed E-state index contributed by atoms with van der Waals surface area (Å²) in [6, 6.07) is 11.8. The van der Waals surface area contributed by atoms with Crippen molar-refractivity contribution < 1.29 is 9.53 Å². The van der Waals surface area contributed by atoms with E-state index >= 15 is 0 Å². The van der Waals surface area contributed by atoms with Crippen LogP contribution in [0.3, 0.4) is 0 Å². The number of nitrogens with two attached hydrogens (primary N) is 1. The Kier molecular flexibility index (Phi) is 7.41. The lowest BCUT2D eigenvalue weighted by atomic mass is 10.1. The molecule has 3 rings (SSSR count). The monoisotopic (exact) mass is 401 g/mol. The number of carbonyl (C=O) groups excluding carboxylic acids is 1. The van der Waals surface area contributed by atoms with Crippen molar-refractivity contribution in [1.29, 1.82) is 0 Å². The van der Waals surface area contributed by atoms with Crippen LogP contribution in [0.25, 0.3) is 0 Å². The van der Waals surface area contributed by atoms with Crippen LogP contribution >= 0.6 is 11.3 Å². The van der Waals surface area contributed by atoms with Gasteiger partial charge in [-0.2, -0.15) is 0 Å². The van der Waals surface area contributed by atoms with Gasteiger partial charge < -0.3 is 21.1 Å². The first kappa shape index (κ1) is 20.3. The number of morpholine rings is 1. The second kappa shape index (κ2) is 10.2. The highest BCUT2D eigenvalue weighted by atomic mass is 32.1. The molecule has 1 aromatic carbocycles. The van der Waals surface area contributed by atoms with E-state index in [1.54, 1.807) is 30.5 Å². The molecule has 0 bridgehead atoms. The maximum absolute atomic E-state index is 11.3. The first-order valence-electron chi connectivity index (χ1n) is 9.36. The maximum atomic E-state index is 11.3. The molecular weight excluding hydrogens is 374 g/mol. The summed E-state index contributed by atoms with van der Waals surface area (Å²) in [6.07, 6.45) is 0. The van der Waals surface area contributed by atoms with Crippen LogP contribution in [-0.4, -0.2) is 56.7 Å². The number of amides is 1. The minimum atomic E-state index is -0.423. The number of hydrogen-bond donors (Lipinski definition) is 3. The summed E-state index contributed by atoms with van der Waals surface area (Å²) < 4.78 is 5.50. The zero-order valence-electron chi connectivity index (χ0n) is 16.1. The SMILES string of the molecule is CN=C(NCc1cccc(C(N)=O)c1)NCC(c1cccs1)N1CCOCC1. The molecule has 0 spiro atoms. The normalized spacial score (nSPS) is 16.5. The van der Waals surface area contributed by atoms with Gasteiger partial charge in [-0.05, 0) is 29.1 Å². The number of thiophene rings is 1. The van der Waals surface area contributed by atoms with Gasteiger partial charge in [0.25, 0.3) is 0 Å². The van der Waals surface area contributed by atoms with Crippen LogP contribution in [0.5, 0.6) is 0 Å². The van der Waals surface area contributed by atoms with Gasteiger partial charge in [-0.25, -0.2) is 0 Å². The number of carbonyl (C=O) groups is 1. The minimum absolute atomic E-state index is 0.278. The maximum Gasteiger partial charge on any atom is 0.248 e. The molecule has 0 radical (unpaired) electrons. The Labute approximate surface area is 169 Å². The molecule has 2 aromatic rings. The van der Waals surface area contributed by atoms with Crippen molar-refractivity contribution in [3.63, 3.8) is 0 Å². The molecule has 7 nitrogen and oxygen atoms in total. The zero-order valence-corrected chi connectivity index (χ0v) is 16.9. The molecule has 28 heavy (non-hydrogen) atoms. The number of hydrogen-bond acceptors (Lipinski definition) is 5. The molecule has 2 heterocycles. The van der Waals surface area contributed by atoms with E-state index in [9.17, 15) is 4.79 Å². The van der Waals surface area contributed by atoms with E-state index in [-0.39, 0.29) is 6.04 Å². The number of aliphatic imine (C=N–C) groups is 1. The molecule has 4 N–H and O–H groups in total. The highest BCUT2D eigenvalue weighted by molar-refractivity contribution is 7.10. The number of rotatable bonds is 7. The number of nitrogens with zero attached hydrogens (tertiary/aromatic N) is 2. The highest BCUT2D eigenvalue weighted by Crippen LogP contribution is 2.25. The summed E-state index contributed by atoms with van der Waals surface area (Å²) >= 11 is 1.77. The fourth-order valence-electron chi connectivity index (χ4n) is 3.21. The Hall–Kier alpha value is -2.42. The molecular formula is C20H27N5O2S. The summed E-state index contributed by atoms with van der Waals surface area (Å²) in [5, 5.41) is 8.85. The van der Waals surface area contributed by atoms with Crippen molar-refractivity contribution in [2.24, 2.45) is 10.7 Å². The molecule has 1 aliphatic heterocycles. The quantitative estimate of drug-likeness (QED) is 0.484. The highest BCUT2D eigenvalue weighted by Gasteiger charge is 2.23. The second-order valence-corrected chi connectivity index (χ2v) is 7.53. The molecule has 1 atom stereocenters. The van der Waals surface area contributed by atoms with Gasteiger partial charge in [-0.3, -0.25) is 14.7 Å². The Balaban J connectivity index is 1.58. The molecule has 1 amide bonds. The molecule has 0 aliphatic carbocycles. The van der Waals surface area contributed by atoms with E-state index < -0.39 is 5.91 Å². The summed E-state index contributed by atoms with van der Waals surface area (Å²) in [5.74, 6) is 0.299. The standard InChI is InChI=1S/C20H27N5O2S/c1-22-20(23-13-15-4-2-5-16(12-15)19(21)26)24-14-17(18-6-3-11-28-18)25-7-9-27-10-8-25/h2-6,11-12,17H,7-10,13-14H2,1H3,(H2,21,26)(H2,22,23,24). The fraction of sp³-hybridized carbons (Fsp3) is 0.400. The topological polar surface area (TPSA) is 92.0 Å². The van der Waals surface area contributed by atoms with Crippen molar-refractivity contribution in [1.82, 2.24) is 15.5 Å². The first-order valence-corrected chi connectivity index (χ1v) is 10.2. The summed E-state index contributed by atoms with van der Waals surface area (Å²) in [7, 11) is 1.75. The summed E-state index contributed by atoms with van der Waals surface area (Å²) in [5.41, 5.74) is 6.84. The van der Waals surface area contributed by atoms with Crippen LogP contribution in [0, 0.1) is 0 Å². The third-order valence-electron chi connectivity index (χ3n) is 4.72. The summed E-state index contributed by atoms with van der Waals surface area (Å²) in [6.45, 7) is 4.70. The molecule has 1 fully saturated rings. The van der Waals surface area contributed by atoms with Gasteiger partial charge in [-0.15, -0.1) is 11.3 Å². The zero-order chi connectivity index (χ0) is 19.8. The van der Waals surface area contributed by atoms with Gasteiger partial charge in [0.1, 0.15) is 0 Å². The van der Waals surface area contributed by atoms with Crippen molar-refractivity contribution in [3.8, 4) is 0 Å². The Morgan fingerprint density at radius 1 is 1.29 bits per heavy atom. The van der Waals surface area contributed by atoms with Crippen LogP contribution < -0.4 is 16.4 Å². The third kappa shape index (κ3) is 5.54. The van der Waals surface area contributed by atoms with Gasteiger partial charge in [0.2, 0.25) is 5.91 Å². The molecule has 1 saturated heterocycles. The van der Waals surface area contributed by atoms with E-state index in [2.05, 4.69) is 38.0 Å². The van der Waals surface area contributed by atoms with E-state index in [1.165, 1.54) is 4.88 Å². The van der Waals surface area contributed by atoms with E-state index in [0.29, 0.717) is 12.1 Å². The summed E-state index contributed by atoms with van der Waals surface area (Å²) in [4.78, 5) is 19.4. The van der Waals surface area contributed by atoms with E-state index in [4.69, 9.17) is 10.5 Å². The Bertz CT molecular complexity index is 788. The Morgan fingerprint density at radius 2 is 2.11 bits per heavy atom. The van der Waals surface area contributed by atoms with E-state index in [1.807, 2.05) is 12.1 Å². The van der Waals surface area contributed by atoms with Crippen molar-refractivity contribution in [2.45, 2.75) is 12.6 Å².